The second kappa shape index (κ2) is 4.38. The molecule has 86 valence electrons. The molecule has 5 nitrogen and oxygen atoms in total. The second-order valence-electron chi connectivity index (χ2n) is 3.85. The number of amides is 1. The number of furan rings is 1. The Hall–Kier alpha value is -1.78. The fourth-order valence-electron chi connectivity index (χ4n) is 1.59. The van der Waals surface area contributed by atoms with Crippen LogP contribution in [0.25, 0.3) is 0 Å². The average molecular weight is 223 g/mol. The van der Waals surface area contributed by atoms with Crippen LogP contribution in [-0.4, -0.2) is 34.5 Å². The van der Waals surface area contributed by atoms with E-state index in [1.54, 1.807) is 17.0 Å². The van der Waals surface area contributed by atoms with Crippen LogP contribution in [0, 0.1) is 0 Å². The number of hydrogen-bond acceptors (Lipinski definition) is 3. The number of nitrogens with zero attached hydrogens (tertiary/aromatic N) is 1. The van der Waals surface area contributed by atoms with Crippen molar-refractivity contribution in [3.8, 4) is 0 Å². The molecule has 1 fully saturated rings. The molecule has 0 bridgehead atoms. The number of carboxylic acid groups (broad SMARTS) is 1. The summed E-state index contributed by atoms with van der Waals surface area (Å²) in [5, 5.41) is 8.62. The molecule has 1 aromatic rings. The zero-order valence-electron chi connectivity index (χ0n) is 8.76. The smallest absolute Gasteiger partial charge is 0.305 e. The molecule has 1 heterocycles. The predicted molar refractivity (Wildman–Crippen MR) is 55.0 cm³/mol. The summed E-state index contributed by atoms with van der Waals surface area (Å²) < 4.78 is 5.02. The molecule has 0 aromatic carbocycles. The minimum Gasteiger partial charge on any atom is -0.481 e. The van der Waals surface area contributed by atoms with Gasteiger partial charge in [0.05, 0.1) is 12.7 Å². The lowest BCUT2D eigenvalue weighted by Crippen LogP contribution is -2.34. The molecule has 0 spiro atoms. The summed E-state index contributed by atoms with van der Waals surface area (Å²) in [5.74, 6) is -0.830. The predicted octanol–water partition coefficient (Wildman–Crippen LogP) is 1.36. The van der Waals surface area contributed by atoms with Crippen molar-refractivity contribution >= 4 is 11.9 Å². The highest BCUT2D eigenvalue weighted by atomic mass is 16.4. The highest BCUT2D eigenvalue weighted by molar-refractivity contribution is 5.92. The summed E-state index contributed by atoms with van der Waals surface area (Å²) >= 11 is 0. The largest absolute Gasteiger partial charge is 0.481 e. The maximum atomic E-state index is 11.9. The Bertz CT molecular complexity index is 381. The van der Waals surface area contributed by atoms with Gasteiger partial charge < -0.3 is 14.4 Å². The van der Waals surface area contributed by atoms with E-state index in [0.29, 0.717) is 0 Å². The zero-order chi connectivity index (χ0) is 11.5. The molecule has 1 aromatic heterocycles. The first-order valence-corrected chi connectivity index (χ1v) is 5.25. The third-order valence-corrected chi connectivity index (χ3v) is 2.55. The van der Waals surface area contributed by atoms with E-state index in [1.165, 1.54) is 6.26 Å². The van der Waals surface area contributed by atoms with Crippen molar-refractivity contribution in [1.29, 1.82) is 0 Å². The first kappa shape index (κ1) is 10.7. The normalized spacial score (nSPS) is 14.8. The molecule has 0 atom stereocenters. The summed E-state index contributed by atoms with van der Waals surface area (Å²) in [6.45, 7) is 0.250. The highest BCUT2D eigenvalue weighted by Crippen LogP contribution is 2.28. The fourth-order valence-corrected chi connectivity index (χ4v) is 1.59. The van der Waals surface area contributed by atoms with Crippen molar-refractivity contribution in [2.45, 2.75) is 25.3 Å². The number of carbonyl (C=O) groups is 2. The van der Waals surface area contributed by atoms with Gasteiger partial charge in [0.2, 0.25) is 0 Å². The first-order chi connectivity index (χ1) is 7.68. The van der Waals surface area contributed by atoms with Gasteiger partial charge in [0.1, 0.15) is 0 Å². The van der Waals surface area contributed by atoms with Gasteiger partial charge in [-0.15, -0.1) is 0 Å². The minimum atomic E-state index is -0.891. The van der Waals surface area contributed by atoms with Gasteiger partial charge in [0, 0.05) is 12.6 Å². The Morgan fingerprint density at radius 2 is 2.25 bits per heavy atom. The molecule has 0 aliphatic heterocycles. The van der Waals surface area contributed by atoms with Crippen molar-refractivity contribution in [1.82, 2.24) is 4.90 Å². The number of aliphatic carboxylic acids is 1. The summed E-state index contributed by atoms with van der Waals surface area (Å²) in [4.78, 5) is 24.0. The van der Waals surface area contributed by atoms with Gasteiger partial charge in [0.25, 0.3) is 5.91 Å². The lowest BCUT2D eigenvalue weighted by atomic mass is 10.3. The van der Waals surface area contributed by atoms with E-state index in [-0.39, 0.29) is 30.7 Å². The van der Waals surface area contributed by atoms with E-state index in [2.05, 4.69) is 0 Å². The summed E-state index contributed by atoms with van der Waals surface area (Å²) in [6, 6.07) is 3.44. The molecular formula is C11H13NO4. The van der Waals surface area contributed by atoms with E-state index in [0.717, 1.165) is 12.8 Å². The maximum absolute atomic E-state index is 11.9. The Kier molecular flexibility index (Phi) is 2.94. The molecule has 0 saturated heterocycles. The Morgan fingerprint density at radius 3 is 2.75 bits per heavy atom. The Morgan fingerprint density at radius 1 is 1.50 bits per heavy atom. The van der Waals surface area contributed by atoms with Gasteiger partial charge >= 0.3 is 5.97 Å². The Labute approximate surface area is 92.7 Å². The van der Waals surface area contributed by atoms with Crippen LogP contribution in [0.1, 0.15) is 29.8 Å². The van der Waals surface area contributed by atoms with Gasteiger partial charge in [-0.1, -0.05) is 0 Å². The Balaban J connectivity index is 2.01. The summed E-state index contributed by atoms with van der Waals surface area (Å²) in [7, 11) is 0. The van der Waals surface area contributed by atoms with Gasteiger partial charge in [-0.05, 0) is 25.0 Å². The third kappa shape index (κ3) is 2.42. The van der Waals surface area contributed by atoms with Gasteiger partial charge in [-0.2, -0.15) is 0 Å². The highest BCUT2D eigenvalue weighted by Gasteiger charge is 2.34. The summed E-state index contributed by atoms with van der Waals surface area (Å²) in [5.41, 5.74) is 0. The lowest BCUT2D eigenvalue weighted by molar-refractivity contribution is -0.137. The number of rotatable bonds is 5. The van der Waals surface area contributed by atoms with Crippen molar-refractivity contribution < 1.29 is 19.1 Å². The molecule has 1 aliphatic rings. The van der Waals surface area contributed by atoms with Crippen LogP contribution >= 0.6 is 0 Å². The standard InChI is InChI=1S/C11H13NO4/c13-10(14)5-6-12(8-3-4-8)11(15)9-2-1-7-16-9/h1-2,7-8H,3-6H2,(H,13,14). The molecule has 1 saturated carbocycles. The molecule has 1 amide bonds. The van der Waals surface area contributed by atoms with Gasteiger partial charge in [-0.25, -0.2) is 0 Å². The molecule has 1 aliphatic carbocycles. The zero-order valence-corrected chi connectivity index (χ0v) is 8.76. The van der Waals surface area contributed by atoms with E-state index in [4.69, 9.17) is 9.52 Å². The molecule has 5 heteroatoms. The molecule has 1 N–H and O–H groups in total. The SMILES string of the molecule is O=C(O)CCN(C(=O)c1ccco1)C1CC1. The molecule has 16 heavy (non-hydrogen) atoms. The monoisotopic (exact) mass is 223 g/mol. The fraction of sp³-hybridized carbons (Fsp3) is 0.455. The first-order valence-electron chi connectivity index (χ1n) is 5.25. The minimum absolute atomic E-state index is 0.0249. The second-order valence-corrected chi connectivity index (χ2v) is 3.85. The van der Waals surface area contributed by atoms with Crippen LogP contribution in [0.5, 0.6) is 0 Å². The molecular weight excluding hydrogens is 210 g/mol. The van der Waals surface area contributed by atoms with Gasteiger partial charge in [0.15, 0.2) is 5.76 Å². The average Bonchev–Trinajstić information content (AvgIpc) is 2.93. The van der Waals surface area contributed by atoms with Crippen molar-refractivity contribution in [3.63, 3.8) is 0 Å². The quantitative estimate of drug-likeness (QED) is 0.818. The van der Waals surface area contributed by atoms with E-state index in [9.17, 15) is 9.59 Å². The molecule has 0 radical (unpaired) electrons. The van der Waals surface area contributed by atoms with Gasteiger partial charge in [-0.3, -0.25) is 9.59 Å². The summed E-state index contributed by atoms with van der Waals surface area (Å²) in [6.07, 6.45) is 3.32. The maximum Gasteiger partial charge on any atom is 0.305 e. The number of carboxylic acids is 1. The van der Waals surface area contributed by atoms with Crippen molar-refractivity contribution in [2.24, 2.45) is 0 Å². The van der Waals surface area contributed by atoms with Crippen LogP contribution < -0.4 is 0 Å². The van der Waals surface area contributed by atoms with Crippen LogP contribution in [0.4, 0.5) is 0 Å². The van der Waals surface area contributed by atoms with Crippen molar-refractivity contribution in [3.05, 3.63) is 24.2 Å². The van der Waals surface area contributed by atoms with Crippen LogP contribution in [-0.2, 0) is 4.79 Å². The van der Waals surface area contributed by atoms with E-state index < -0.39 is 5.97 Å². The van der Waals surface area contributed by atoms with Crippen LogP contribution in [0.3, 0.4) is 0 Å². The molecule has 0 unspecified atom stereocenters. The lowest BCUT2D eigenvalue weighted by Gasteiger charge is -2.20. The number of carbonyl (C=O) groups excluding carboxylic acids is 1. The van der Waals surface area contributed by atoms with Crippen LogP contribution in [0.2, 0.25) is 0 Å². The third-order valence-electron chi connectivity index (χ3n) is 2.55. The van der Waals surface area contributed by atoms with Crippen molar-refractivity contribution in [2.75, 3.05) is 6.54 Å². The van der Waals surface area contributed by atoms with E-state index in [1.807, 2.05) is 0 Å². The molecule has 2 rings (SSSR count). The van der Waals surface area contributed by atoms with E-state index >= 15 is 0 Å². The number of hydrogen-bond donors (Lipinski definition) is 1. The topological polar surface area (TPSA) is 70.8 Å². The van der Waals surface area contributed by atoms with Crippen LogP contribution in [0.15, 0.2) is 22.8 Å².